The number of hydrogen-bond acceptors (Lipinski definition) is 4. The lowest BCUT2D eigenvalue weighted by molar-refractivity contribution is -0.137. The highest BCUT2D eigenvalue weighted by atomic mass is 19.4. The molecule has 0 fully saturated rings. The van der Waals surface area contributed by atoms with Gasteiger partial charge in [-0.15, -0.1) is 0 Å². The second-order valence-corrected chi connectivity index (χ2v) is 11.0. The van der Waals surface area contributed by atoms with E-state index in [2.05, 4.69) is 10.6 Å². The van der Waals surface area contributed by atoms with Gasteiger partial charge in [-0.2, -0.15) is 18.3 Å². The van der Waals surface area contributed by atoms with Crippen LogP contribution >= 0.6 is 0 Å². The highest BCUT2D eigenvalue weighted by Crippen LogP contribution is 2.44. The molecule has 11 heteroatoms. The quantitative estimate of drug-likeness (QED) is 0.261. The van der Waals surface area contributed by atoms with Crippen LogP contribution < -0.4 is 15.5 Å². The zero-order chi connectivity index (χ0) is 31.9. The third-order valence-electron chi connectivity index (χ3n) is 8.17. The third kappa shape index (κ3) is 5.61. The first kappa shape index (κ1) is 29.9. The standard InChI is InChI=1S/C34H30F3N5O3/c1-3-41-32-27(20(2)40-42(32)26-16-5-4-6-17-26)28(22-12-9-15-25(19-22)38-30(43)21-10-7-11-21)29(33(41)45)39-31(44)23-13-8-14-24(18-23)34(35,36)37/h4-6,8-10,12-19,28-29H,3,7,11H2,1-2H3,(H,38,43)(H,39,44)/t28-,29+/m1/s1. The van der Waals surface area contributed by atoms with E-state index in [9.17, 15) is 27.6 Å². The van der Waals surface area contributed by atoms with E-state index in [-0.39, 0.29) is 18.0 Å². The van der Waals surface area contributed by atoms with Gasteiger partial charge in [-0.05, 0) is 74.7 Å². The first-order valence-electron chi connectivity index (χ1n) is 14.6. The van der Waals surface area contributed by atoms with Gasteiger partial charge in [-0.1, -0.05) is 42.5 Å². The van der Waals surface area contributed by atoms with E-state index in [1.807, 2.05) is 43.3 Å². The number of aromatic nitrogens is 2. The van der Waals surface area contributed by atoms with Crippen molar-refractivity contribution in [1.29, 1.82) is 0 Å². The fraction of sp³-hybridized carbons (Fsp3) is 0.235. The molecule has 0 saturated carbocycles. The summed E-state index contributed by atoms with van der Waals surface area (Å²) >= 11 is 0. The second kappa shape index (κ2) is 11.7. The average molecular weight is 614 g/mol. The number of carbonyl (C=O) groups excluding carboxylic acids is 3. The lowest BCUT2D eigenvalue weighted by Crippen LogP contribution is -2.55. The lowest BCUT2D eigenvalue weighted by Gasteiger charge is -2.38. The van der Waals surface area contributed by atoms with Crippen molar-refractivity contribution in [2.24, 2.45) is 0 Å². The molecule has 1 aliphatic heterocycles. The predicted molar refractivity (Wildman–Crippen MR) is 163 cm³/mol. The number of carbonyl (C=O) groups is 3. The van der Waals surface area contributed by atoms with Gasteiger partial charge >= 0.3 is 6.18 Å². The number of nitrogens with zero attached hydrogens (tertiary/aromatic N) is 3. The smallest absolute Gasteiger partial charge is 0.339 e. The fourth-order valence-electron chi connectivity index (χ4n) is 5.87. The summed E-state index contributed by atoms with van der Waals surface area (Å²) in [6, 6.07) is 19.3. The molecule has 2 N–H and O–H groups in total. The number of fused-ring (bicyclic) bond motifs is 1. The molecule has 1 aromatic heterocycles. The summed E-state index contributed by atoms with van der Waals surface area (Å²) in [6.45, 7) is 3.86. The molecule has 45 heavy (non-hydrogen) atoms. The summed E-state index contributed by atoms with van der Waals surface area (Å²) in [7, 11) is 0. The van der Waals surface area contributed by atoms with Gasteiger partial charge < -0.3 is 10.6 Å². The Morgan fingerprint density at radius 3 is 2.38 bits per heavy atom. The van der Waals surface area contributed by atoms with E-state index >= 15 is 0 Å². The summed E-state index contributed by atoms with van der Waals surface area (Å²) < 4.78 is 42.1. The fourth-order valence-corrected chi connectivity index (χ4v) is 5.87. The minimum absolute atomic E-state index is 0.210. The van der Waals surface area contributed by atoms with E-state index < -0.39 is 35.5 Å². The van der Waals surface area contributed by atoms with Crippen LogP contribution in [-0.2, 0) is 15.8 Å². The molecule has 230 valence electrons. The number of benzene rings is 3. The molecule has 2 aliphatic rings. The van der Waals surface area contributed by atoms with Gasteiger partial charge in [0.15, 0.2) is 0 Å². The summed E-state index contributed by atoms with van der Waals surface area (Å²) in [5.74, 6) is -1.71. The molecule has 0 spiro atoms. The molecule has 2 atom stereocenters. The van der Waals surface area contributed by atoms with Gasteiger partial charge in [0.05, 0.1) is 16.9 Å². The number of aryl methyl sites for hydroxylation is 1. The normalized spacial score (nSPS) is 17.7. The summed E-state index contributed by atoms with van der Waals surface area (Å²) in [6.07, 6.45) is -1.23. The number of alkyl halides is 3. The van der Waals surface area contributed by atoms with Crippen LogP contribution in [0.3, 0.4) is 0 Å². The monoisotopic (exact) mass is 613 g/mol. The Morgan fingerprint density at radius 2 is 1.71 bits per heavy atom. The Hall–Kier alpha value is -5.19. The van der Waals surface area contributed by atoms with Crippen molar-refractivity contribution in [1.82, 2.24) is 15.1 Å². The van der Waals surface area contributed by atoms with Crippen molar-refractivity contribution < 1.29 is 27.6 Å². The number of hydrogen-bond donors (Lipinski definition) is 2. The van der Waals surface area contributed by atoms with Crippen LogP contribution in [0.2, 0.25) is 0 Å². The molecule has 3 aromatic carbocycles. The number of nitrogens with one attached hydrogen (secondary N) is 2. The van der Waals surface area contributed by atoms with E-state index in [1.165, 1.54) is 11.0 Å². The minimum atomic E-state index is -4.64. The van der Waals surface area contributed by atoms with Crippen molar-refractivity contribution in [2.45, 2.75) is 44.8 Å². The van der Waals surface area contributed by atoms with Crippen LogP contribution in [0.5, 0.6) is 0 Å². The second-order valence-electron chi connectivity index (χ2n) is 11.0. The molecule has 0 unspecified atom stereocenters. The largest absolute Gasteiger partial charge is 0.416 e. The van der Waals surface area contributed by atoms with Crippen molar-refractivity contribution in [2.75, 3.05) is 16.8 Å². The number of amides is 3. The zero-order valence-corrected chi connectivity index (χ0v) is 24.6. The van der Waals surface area contributed by atoms with Crippen molar-refractivity contribution >= 4 is 29.2 Å². The lowest BCUT2D eigenvalue weighted by atomic mass is 9.80. The molecular weight excluding hydrogens is 583 g/mol. The SMILES string of the molecule is CCN1C(=O)[C@@H](NC(=O)c2cccc(C(F)(F)F)c2)[C@H](c2cccc(NC(=O)C3=CCC3)c2)c2c(C)nn(-c3ccccc3)c21. The van der Waals surface area contributed by atoms with Crippen molar-refractivity contribution in [3.05, 3.63) is 118 Å². The Balaban J connectivity index is 1.47. The molecule has 3 amide bonds. The number of anilines is 2. The molecular formula is C34H30F3N5O3. The van der Waals surface area contributed by atoms with Gasteiger partial charge in [0, 0.05) is 34.9 Å². The molecule has 1 aliphatic carbocycles. The highest BCUT2D eigenvalue weighted by Gasteiger charge is 2.45. The van der Waals surface area contributed by atoms with Gasteiger partial charge in [-0.25, -0.2) is 4.68 Å². The molecule has 0 saturated heterocycles. The van der Waals surface area contributed by atoms with Gasteiger partial charge in [-0.3, -0.25) is 19.3 Å². The van der Waals surface area contributed by atoms with Crippen LogP contribution in [0.25, 0.3) is 5.69 Å². The number of halogens is 3. The molecule has 0 bridgehead atoms. The Bertz CT molecular complexity index is 1830. The predicted octanol–water partition coefficient (Wildman–Crippen LogP) is 6.16. The van der Waals surface area contributed by atoms with Crippen molar-refractivity contribution in [3.8, 4) is 5.69 Å². The maximum atomic E-state index is 14.3. The molecule has 2 heterocycles. The van der Waals surface area contributed by atoms with Crippen LogP contribution in [0, 0.1) is 6.92 Å². The van der Waals surface area contributed by atoms with E-state index in [4.69, 9.17) is 5.10 Å². The third-order valence-corrected chi connectivity index (χ3v) is 8.17. The maximum Gasteiger partial charge on any atom is 0.416 e. The summed E-state index contributed by atoms with van der Waals surface area (Å²) in [4.78, 5) is 42.1. The van der Waals surface area contributed by atoms with Crippen LogP contribution in [-0.4, -0.2) is 40.1 Å². The van der Waals surface area contributed by atoms with E-state index in [0.717, 1.165) is 30.3 Å². The Labute approximate surface area is 257 Å². The van der Waals surface area contributed by atoms with Gasteiger partial charge in [0.2, 0.25) is 0 Å². The summed E-state index contributed by atoms with van der Waals surface area (Å²) in [5, 5.41) is 10.5. The topological polar surface area (TPSA) is 96.3 Å². The highest BCUT2D eigenvalue weighted by molar-refractivity contribution is 6.06. The molecule has 6 rings (SSSR count). The van der Waals surface area contributed by atoms with Crippen LogP contribution in [0.4, 0.5) is 24.7 Å². The van der Waals surface area contributed by atoms with E-state index in [1.54, 1.807) is 35.9 Å². The van der Waals surface area contributed by atoms with Gasteiger partial charge in [0.1, 0.15) is 11.9 Å². The van der Waals surface area contributed by atoms with Crippen molar-refractivity contribution in [3.63, 3.8) is 0 Å². The average Bonchev–Trinajstić information content (AvgIpc) is 3.33. The molecule has 0 radical (unpaired) electrons. The zero-order valence-electron chi connectivity index (χ0n) is 24.6. The number of para-hydroxylation sites is 1. The summed E-state index contributed by atoms with van der Waals surface area (Å²) in [5.41, 5.74) is 2.64. The first-order chi connectivity index (χ1) is 21.6. The van der Waals surface area contributed by atoms with E-state index in [0.29, 0.717) is 40.3 Å². The first-order valence-corrected chi connectivity index (χ1v) is 14.6. The maximum absolute atomic E-state index is 14.3. The van der Waals surface area contributed by atoms with Gasteiger partial charge in [0.25, 0.3) is 17.7 Å². The van der Waals surface area contributed by atoms with Crippen LogP contribution in [0.15, 0.2) is 90.5 Å². The molecule has 8 nitrogen and oxygen atoms in total. The number of allylic oxidation sites excluding steroid dienone is 1. The molecule has 4 aromatic rings. The number of rotatable bonds is 7. The Kier molecular flexibility index (Phi) is 7.78. The number of likely N-dealkylation sites (N-methyl/N-ethyl adjacent to an activating group) is 1. The Morgan fingerprint density at radius 1 is 0.978 bits per heavy atom. The van der Waals surface area contributed by atoms with Crippen LogP contribution in [0.1, 0.15) is 58.4 Å². The minimum Gasteiger partial charge on any atom is -0.339 e.